The quantitative estimate of drug-likeness (QED) is 0.733. The van der Waals surface area contributed by atoms with Gasteiger partial charge in [0.15, 0.2) is 0 Å². The minimum atomic E-state index is -3.96. The monoisotopic (exact) mass is 438 g/mol. The number of likely N-dealkylation sites (tertiary alicyclic amines) is 1. The lowest BCUT2D eigenvalue weighted by Gasteiger charge is -2.37. The molecule has 0 N–H and O–H groups in total. The molecule has 1 fully saturated rings. The molecule has 148 valence electrons. The minimum Gasteiger partial charge on any atom is -0.341 e. The van der Waals surface area contributed by atoms with Crippen molar-refractivity contribution in [1.29, 1.82) is 0 Å². The smallest absolute Gasteiger partial charge is 0.244 e. The standard InChI is InChI=1S/C20H20Cl2N2O3S/c21-16-10-17(22)12-18(11-16)28(26,27)24-13-15-6-2-1-5-14(15)9-19(24)20(25)23-7-3-4-8-23/h1-2,5-6,10-12,19H,3-4,7-9,13H2/t19-/m0/s1. The topological polar surface area (TPSA) is 57.7 Å². The van der Waals surface area contributed by atoms with Crippen molar-refractivity contribution in [3.05, 3.63) is 63.6 Å². The molecule has 1 saturated heterocycles. The van der Waals surface area contributed by atoms with E-state index in [4.69, 9.17) is 23.2 Å². The largest absolute Gasteiger partial charge is 0.341 e. The van der Waals surface area contributed by atoms with E-state index < -0.39 is 16.1 Å². The van der Waals surface area contributed by atoms with Gasteiger partial charge < -0.3 is 4.90 Å². The highest BCUT2D eigenvalue weighted by atomic mass is 35.5. The van der Waals surface area contributed by atoms with Gasteiger partial charge in [-0.2, -0.15) is 4.31 Å². The van der Waals surface area contributed by atoms with E-state index in [0.29, 0.717) is 19.5 Å². The van der Waals surface area contributed by atoms with E-state index in [2.05, 4.69) is 0 Å². The predicted molar refractivity (Wildman–Crippen MR) is 109 cm³/mol. The fourth-order valence-corrected chi connectivity index (χ4v) is 6.21. The molecule has 0 radical (unpaired) electrons. The second kappa shape index (κ2) is 7.67. The first-order chi connectivity index (χ1) is 13.4. The van der Waals surface area contributed by atoms with Crippen LogP contribution in [0, 0.1) is 0 Å². The Kier molecular flexibility index (Phi) is 5.40. The number of nitrogens with zero attached hydrogens (tertiary/aromatic N) is 2. The SMILES string of the molecule is O=C([C@@H]1Cc2ccccc2CN1S(=O)(=O)c1cc(Cl)cc(Cl)c1)N1CCCC1. The fourth-order valence-electron chi connectivity index (χ4n) is 3.92. The van der Waals surface area contributed by atoms with E-state index in [1.165, 1.54) is 22.5 Å². The predicted octanol–water partition coefficient (Wildman–Crippen LogP) is 3.73. The molecule has 0 spiro atoms. The number of benzene rings is 2. The third-order valence-corrected chi connectivity index (χ3v) is 7.62. The van der Waals surface area contributed by atoms with Gasteiger partial charge >= 0.3 is 0 Å². The molecule has 4 rings (SSSR count). The highest BCUT2D eigenvalue weighted by Gasteiger charge is 2.41. The third kappa shape index (κ3) is 3.66. The Hall–Kier alpha value is -1.60. The zero-order chi connectivity index (χ0) is 19.9. The summed E-state index contributed by atoms with van der Waals surface area (Å²) in [7, 11) is -3.96. The summed E-state index contributed by atoms with van der Waals surface area (Å²) in [6, 6.07) is 11.1. The Morgan fingerprint density at radius 3 is 2.21 bits per heavy atom. The molecule has 5 nitrogen and oxygen atoms in total. The van der Waals surface area contributed by atoms with E-state index in [-0.39, 0.29) is 27.4 Å². The van der Waals surface area contributed by atoms with Crippen molar-refractivity contribution >= 4 is 39.1 Å². The summed E-state index contributed by atoms with van der Waals surface area (Å²) >= 11 is 12.1. The van der Waals surface area contributed by atoms with Crippen LogP contribution < -0.4 is 0 Å². The van der Waals surface area contributed by atoms with Crippen LogP contribution in [-0.2, 0) is 27.8 Å². The number of carbonyl (C=O) groups is 1. The van der Waals surface area contributed by atoms with Crippen molar-refractivity contribution in [3.63, 3.8) is 0 Å². The maximum Gasteiger partial charge on any atom is 0.244 e. The van der Waals surface area contributed by atoms with Crippen LogP contribution >= 0.6 is 23.2 Å². The highest BCUT2D eigenvalue weighted by Crippen LogP contribution is 2.32. The summed E-state index contributed by atoms with van der Waals surface area (Å²) < 4.78 is 28.2. The molecule has 1 amide bonds. The zero-order valence-corrected chi connectivity index (χ0v) is 17.5. The highest BCUT2D eigenvalue weighted by molar-refractivity contribution is 7.89. The van der Waals surface area contributed by atoms with Crippen LogP contribution in [0.4, 0.5) is 0 Å². The van der Waals surface area contributed by atoms with Gasteiger partial charge in [-0.05, 0) is 48.6 Å². The molecule has 2 aromatic rings. The summed E-state index contributed by atoms with van der Waals surface area (Å²) in [4.78, 5) is 15.0. The number of halogens is 2. The minimum absolute atomic E-state index is 0.00334. The second-order valence-electron chi connectivity index (χ2n) is 7.18. The Bertz CT molecular complexity index is 1000. The lowest BCUT2D eigenvalue weighted by atomic mass is 9.95. The molecule has 2 aromatic carbocycles. The number of hydrogen-bond acceptors (Lipinski definition) is 3. The van der Waals surface area contributed by atoms with Gasteiger partial charge in [0, 0.05) is 29.7 Å². The molecular weight excluding hydrogens is 419 g/mol. The van der Waals surface area contributed by atoms with Gasteiger partial charge in [-0.15, -0.1) is 0 Å². The maximum atomic E-state index is 13.5. The summed E-state index contributed by atoms with van der Waals surface area (Å²) in [5.41, 5.74) is 1.92. The van der Waals surface area contributed by atoms with Crippen LogP contribution in [0.2, 0.25) is 10.0 Å². The van der Waals surface area contributed by atoms with Gasteiger partial charge in [0.05, 0.1) is 4.90 Å². The Balaban J connectivity index is 1.77. The number of amides is 1. The van der Waals surface area contributed by atoms with Gasteiger partial charge in [0.25, 0.3) is 0 Å². The molecule has 1 atom stereocenters. The van der Waals surface area contributed by atoms with Gasteiger partial charge in [-0.25, -0.2) is 8.42 Å². The van der Waals surface area contributed by atoms with Gasteiger partial charge in [-0.3, -0.25) is 4.79 Å². The average molecular weight is 439 g/mol. The normalized spacial score (nSPS) is 20.2. The van der Waals surface area contributed by atoms with E-state index in [1.54, 1.807) is 4.90 Å². The van der Waals surface area contributed by atoms with Crippen molar-refractivity contribution in [2.24, 2.45) is 0 Å². The van der Waals surface area contributed by atoms with Gasteiger partial charge in [0.1, 0.15) is 6.04 Å². The van der Waals surface area contributed by atoms with Gasteiger partial charge in [-0.1, -0.05) is 47.5 Å². The molecule has 2 aliphatic heterocycles. The average Bonchev–Trinajstić information content (AvgIpc) is 3.20. The third-order valence-electron chi connectivity index (χ3n) is 5.35. The van der Waals surface area contributed by atoms with Gasteiger partial charge in [0.2, 0.25) is 15.9 Å². The van der Waals surface area contributed by atoms with Crippen LogP contribution in [-0.4, -0.2) is 42.7 Å². The van der Waals surface area contributed by atoms with E-state index in [9.17, 15) is 13.2 Å². The van der Waals surface area contributed by atoms with Crippen molar-refractivity contribution in [3.8, 4) is 0 Å². The number of rotatable bonds is 3. The first kappa shape index (κ1) is 19.7. The molecule has 0 saturated carbocycles. The molecule has 0 aliphatic carbocycles. The van der Waals surface area contributed by atoms with E-state index >= 15 is 0 Å². The number of hydrogen-bond donors (Lipinski definition) is 0. The lowest BCUT2D eigenvalue weighted by molar-refractivity contribution is -0.134. The molecular formula is C20H20Cl2N2O3S. The second-order valence-corrected chi connectivity index (χ2v) is 9.94. The Labute approximate surface area is 174 Å². The summed E-state index contributed by atoms with van der Waals surface area (Å²) in [5.74, 6) is -0.135. The van der Waals surface area contributed by atoms with Crippen LogP contribution in [0.5, 0.6) is 0 Å². The van der Waals surface area contributed by atoms with Crippen LogP contribution in [0.25, 0.3) is 0 Å². The molecule has 2 aliphatic rings. The fraction of sp³-hybridized carbons (Fsp3) is 0.350. The molecule has 0 unspecified atom stereocenters. The molecule has 2 heterocycles. The van der Waals surface area contributed by atoms with Crippen molar-refractivity contribution < 1.29 is 13.2 Å². The van der Waals surface area contributed by atoms with Crippen LogP contribution in [0.1, 0.15) is 24.0 Å². The van der Waals surface area contributed by atoms with Crippen molar-refractivity contribution in [2.45, 2.75) is 36.7 Å². The molecule has 0 bridgehead atoms. The maximum absolute atomic E-state index is 13.5. The number of carbonyl (C=O) groups excluding carboxylic acids is 1. The molecule has 8 heteroatoms. The number of fused-ring (bicyclic) bond motifs is 1. The molecule has 28 heavy (non-hydrogen) atoms. The first-order valence-corrected chi connectivity index (χ1v) is 11.4. The molecule has 0 aromatic heterocycles. The Morgan fingerprint density at radius 1 is 0.964 bits per heavy atom. The first-order valence-electron chi connectivity index (χ1n) is 9.20. The Morgan fingerprint density at radius 2 is 1.57 bits per heavy atom. The summed E-state index contributed by atoms with van der Waals surface area (Å²) in [6.07, 6.45) is 2.26. The van der Waals surface area contributed by atoms with Crippen LogP contribution in [0.15, 0.2) is 47.4 Å². The van der Waals surface area contributed by atoms with Crippen molar-refractivity contribution in [1.82, 2.24) is 9.21 Å². The van der Waals surface area contributed by atoms with E-state index in [0.717, 1.165) is 24.0 Å². The van der Waals surface area contributed by atoms with Crippen LogP contribution in [0.3, 0.4) is 0 Å². The zero-order valence-electron chi connectivity index (χ0n) is 15.1. The van der Waals surface area contributed by atoms with Crippen molar-refractivity contribution in [2.75, 3.05) is 13.1 Å². The van der Waals surface area contributed by atoms with E-state index in [1.807, 2.05) is 24.3 Å². The lowest BCUT2D eigenvalue weighted by Crippen LogP contribution is -2.53. The number of sulfonamides is 1. The summed E-state index contributed by atoms with van der Waals surface area (Å²) in [6.45, 7) is 1.49. The summed E-state index contributed by atoms with van der Waals surface area (Å²) in [5, 5.41) is 0.483.